The Balaban J connectivity index is 2.00. The van der Waals surface area contributed by atoms with Gasteiger partial charge in [-0.2, -0.15) is 12.6 Å². The average Bonchev–Trinajstić information content (AvgIpc) is 2.56. The fraction of sp³-hybridized carbons (Fsp3) is 1.00. The van der Waals surface area contributed by atoms with Crippen molar-refractivity contribution in [2.24, 2.45) is 0 Å². The summed E-state index contributed by atoms with van der Waals surface area (Å²) in [5.74, 6) is 0. The third-order valence-corrected chi connectivity index (χ3v) is 3.20. The summed E-state index contributed by atoms with van der Waals surface area (Å²) in [6.45, 7) is -0.0935. The van der Waals surface area contributed by atoms with E-state index in [2.05, 4.69) is 12.5 Å². The summed E-state index contributed by atoms with van der Waals surface area (Å²) in [6, 6.07) is 0. The van der Waals surface area contributed by atoms with Crippen LogP contribution in [0, 0.1) is 0 Å². The van der Waals surface area contributed by atoms with Crippen LogP contribution < -0.4 is 0 Å². The SMILES string of the molecule is O=S1OCC(C2COS(=O)(=O)O2)O1. The summed E-state index contributed by atoms with van der Waals surface area (Å²) in [5, 5.41) is 0. The number of hydrogen-bond donors (Lipinski definition) is 0. The minimum absolute atomic E-state index is 0.0379. The van der Waals surface area contributed by atoms with Crippen LogP contribution in [-0.2, 0) is 38.5 Å². The first-order valence-corrected chi connectivity index (χ1v) is 5.70. The Morgan fingerprint density at radius 3 is 2.46 bits per heavy atom. The highest BCUT2D eigenvalue weighted by atomic mass is 32.3. The molecule has 3 unspecified atom stereocenters. The highest BCUT2D eigenvalue weighted by Gasteiger charge is 2.41. The lowest BCUT2D eigenvalue weighted by atomic mass is 10.2. The molecule has 2 fully saturated rings. The van der Waals surface area contributed by atoms with Gasteiger partial charge in [-0.15, -0.1) is 0 Å². The predicted molar refractivity (Wildman–Crippen MR) is 38.7 cm³/mol. The van der Waals surface area contributed by atoms with Gasteiger partial charge in [-0.25, -0.2) is 8.37 Å². The van der Waals surface area contributed by atoms with Crippen LogP contribution >= 0.6 is 0 Å². The van der Waals surface area contributed by atoms with E-state index >= 15 is 0 Å². The maximum atomic E-state index is 10.7. The standard InChI is InChI=1S/C4H6O7S2/c5-12-8-1-3(10-12)4-2-9-13(6,7)11-4/h3-4H,1-2H2. The zero-order valence-corrected chi connectivity index (χ0v) is 7.88. The van der Waals surface area contributed by atoms with Crippen molar-refractivity contribution in [3.05, 3.63) is 0 Å². The van der Waals surface area contributed by atoms with Gasteiger partial charge < -0.3 is 0 Å². The molecular formula is C4H6O7S2. The van der Waals surface area contributed by atoms with Crippen molar-refractivity contribution in [3.8, 4) is 0 Å². The molecule has 0 saturated carbocycles. The molecule has 0 aromatic carbocycles. The maximum Gasteiger partial charge on any atom is 0.400 e. The van der Waals surface area contributed by atoms with Gasteiger partial charge in [0.25, 0.3) is 0 Å². The molecule has 7 nitrogen and oxygen atoms in total. The van der Waals surface area contributed by atoms with E-state index in [9.17, 15) is 12.6 Å². The van der Waals surface area contributed by atoms with Crippen LogP contribution in [0.3, 0.4) is 0 Å². The third-order valence-electron chi connectivity index (χ3n) is 1.56. The first-order valence-electron chi connectivity index (χ1n) is 3.37. The van der Waals surface area contributed by atoms with E-state index in [1.165, 1.54) is 0 Å². The van der Waals surface area contributed by atoms with Gasteiger partial charge in [-0.3, -0.25) is 8.37 Å². The molecule has 2 heterocycles. The van der Waals surface area contributed by atoms with Gasteiger partial charge in [0.05, 0.1) is 13.2 Å². The Morgan fingerprint density at radius 1 is 1.23 bits per heavy atom. The van der Waals surface area contributed by atoms with Crippen LogP contribution in [0.5, 0.6) is 0 Å². The molecule has 2 saturated heterocycles. The van der Waals surface area contributed by atoms with Crippen LogP contribution in [0.15, 0.2) is 0 Å². The molecular weight excluding hydrogens is 224 g/mol. The van der Waals surface area contributed by atoms with Crippen molar-refractivity contribution < 1.29 is 29.4 Å². The van der Waals surface area contributed by atoms with Gasteiger partial charge in [-0.1, -0.05) is 0 Å². The highest BCUT2D eigenvalue weighted by Crippen LogP contribution is 2.22. The van der Waals surface area contributed by atoms with Crippen molar-refractivity contribution >= 4 is 21.8 Å². The second kappa shape index (κ2) is 3.26. The lowest BCUT2D eigenvalue weighted by molar-refractivity contribution is 0.0863. The third kappa shape index (κ3) is 2.06. The monoisotopic (exact) mass is 230 g/mol. The summed E-state index contributed by atoms with van der Waals surface area (Å²) in [6.07, 6.45) is -1.42. The molecule has 0 N–H and O–H groups in total. The Labute approximate surface area is 77.1 Å². The van der Waals surface area contributed by atoms with Crippen molar-refractivity contribution in [1.82, 2.24) is 0 Å². The topological polar surface area (TPSA) is 88.1 Å². The van der Waals surface area contributed by atoms with Crippen molar-refractivity contribution in [1.29, 1.82) is 0 Å². The van der Waals surface area contributed by atoms with Gasteiger partial charge in [0.1, 0.15) is 12.2 Å². The Kier molecular flexibility index (Phi) is 2.38. The molecule has 0 spiro atoms. The average molecular weight is 230 g/mol. The van der Waals surface area contributed by atoms with E-state index < -0.39 is 34.0 Å². The lowest BCUT2D eigenvalue weighted by Crippen LogP contribution is -2.30. The van der Waals surface area contributed by atoms with Gasteiger partial charge in [0, 0.05) is 0 Å². The largest absolute Gasteiger partial charge is 0.400 e. The molecule has 9 heteroatoms. The van der Waals surface area contributed by atoms with Crippen LogP contribution in [0.2, 0.25) is 0 Å². The van der Waals surface area contributed by atoms with E-state index in [1.807, 2.05) is 0 Å². The Hall–Kier alpha value is -0.0600. The molecule has 13 heavy (non-hydrogen) atoms. The lowest BCUT2D eigenvalue weighted by Gasteiger charge is -2.08. The minimum atomic E-state index is -3.88. The van der Waals surface area contributed by atoms with E-state index in [1.54, 1.807) is 0 Å². The Morgan fingerprint density at radius 2 is 2.00 bits per heavy atom. The zero-order valence-electron chi connectivity index (χ0n) is 6.24. The minimum Gasteiger partial charge on any atom is -0.266 e. The van der Waals surface area contributed by atoms with Crippen LogP contribution in [0.1, 0.15) is 0 Å². The van der Waals surface area contributed by atoms with Gasteiger partial charge in [0.15, 0.2) is 0 Å². The fourth-order valence-corrected chi connectivity index (χ4v) is 2.50. The van der Waals surface area contributed by atoms with Gasteiger partial charge in [-0.05, 0) is 0 Å². The molecule has 0 amide bonds. The quantitative estimate of drug-likeness (QED) is 0.549. The smallest absolute Gasteiger partial charge is 0.266 e. The maximum absolute atomic E-state index is 10.7. The number of hydrogen-bond acceptors (Lipinski definition) is 7. The Bertz CT molecular complexity index is 321. The number of rotatable bonds is 1. The second-order valence-corrected chi connectivity index (χ2v) is 4.53. The molecule has 2 aliphatic rings. The van der Waals surface area contributed by atoms with Crippen molar-refractivity contribution in [3.63, 3.8) is 0 Å². The summed E-state index contributed by atoms with van der Waals surface area (Å²) in [4.78, 5) is 0. The first kappa shape index (κ1) is 9.49. The van der Waals surface area contributed by atoms with Gasteiger partial charge >= 0.3 is 21.8 Å². The molecule has 0 radical (unpaired) electrons. The second-order valence-electron chi connectivity index (χ2n) is 2.45. The summed E-state index contributed by atoms with van der Waals surface area (Å²) < 4.78 is 50.0. The molecule has 0 bridgehead atoms. The van der Waals surface area contributed by atoms with E-state index in [4.69, 9.17) is 4.18 Å². The highest BCUT2D eigenvalue weighted by molar-refractivity contribution is 7.82. The predicted octanol–water partition coefficient (Wildman–Crippen LogP) is -1.36. The molecule has 2 aliphatic heterocycles. The van der Waals surface area contributed by atoms with Gasteiger partial charge in [0.2, 0.25) is 0 Å². The molecule has 0 aromatic rings. The molecule has 0 aliphatic carbocycles. The van der Waals surface area contributed by atoms with Crippen LogP contribution in [0.25, 0.3) is 0 Å². The summed E-state index contributed by atoms with van der Waals surface area (Å²) in [5.41, 5.74) is 0. The van der Waals surface area contributed by atoms with Crippen LogP contribution in [-0.4, -0.2) is 38.0 Å². The normalized spacial score (nSPS) is 43.8. The van der Waals surface area contributed by atoms with Crippen molar-refractivity contribution in [2.75, 3.05) is 13.2 Å². The van der Waals surface area contributed by atoms with E-state index in [-0.39, 0.29) is 13.2 Å². The molecule has 2 rings (SSSR count). The summed E-state index contributed by atoms with van der Waals surface area (Å²) >= 11 is -1.80. The van der Waals surface area contributed by atoms with Crippen molar-refractivity contribution in [2.45, 2.75) is 12.2 Å². The van der Waals surface area contributed by atoms with Crippen LogP contribution in [0.4, 0.5) is 0 Å². The molecule has 3 atom stereocenters. The van der Waals surface area contributed by atoms with E-state index in [0.717, 1.165) is 0 Å². The molecule has 0 aromatic heterocycles. The first-order chi connectivity index (χ1) is 6.07. The molecule has 76 valence electrons. The zero-order chi connectivity index (χ0) is 9.47. The van der Waals surface area contributed by atoms with E-state index in [0.29, 0.717) is 0 Å². The fourth-order valence-electron chi connectivity index (χ4n) is 0.975. The summed E-state index contributed by atoms with van der Waals surface area (Å²) in [7, 11) is -3.88.